The number of ketones is 1. The average Bonchev–Trinajstić information content (AvgIpc) is 2.45. The molecule has 0 amide bonds. The van der Waals surface area contributed by atoms with Gasteiger partial charge in [-0.3, -0.25) is 4.79 Å². The minimum atomic E-state index is -0.108. The second-order valence-electron chi connectivity index (χ2n) is 3.98. The van der Waals surface area contributed by atoms with Crippen molar-refractivity contribution in [3.63, 3.8) is 0 Å². The number of benzene rings is 2. The van der Waals surface area contributed by atoms with Crippen molar-refractivity contribution in [2.75, 3.05) is 0 Å². The van der Waals surface area contributed by atoms with Crippen LogP contribution in [0.15, 0.2) is 60.7 Å². The van der Waals surface area contributed by atoms with E-state index >= 15 is 0 Å². The number of hydrogen-bond donors (Lipinski definition) is 0. The minimum Gasteiger partial charge on any atom is -0.279 e. The molecule has 0 aliphatic rings. The van der Waals surface area contributed by atoms with E-state index in [1.165, 1.54) is 5.56 Å². The lowest BCUT2D eigenvalue weighted by Crippen LogP contribution is -1.93. The Bertz CT molecular complexity index is 559. The van der Waals surface area contributed by atoms with Crippen molar-refractivity contribution in [2.24, 2.45) is 0 Å². The minimum absolute atomic E-state index is 0.108. The maximum atomic E-state index is 11.7. The van der Waals surface area contributed by atoms with Crippen LogP contribution in [0.5, 0.6) is 0 Å². The van der Waals surface area contributed by atoms with Gasteiger partial charge in [-0.1, -0.05) is 66.6 Å². The van der Waals surface area contributed by atoms with Crippen molar-refractivity contribution in [3.05, 3.63) is 71.8 Å². The van der Waals surface area contributed by atoms with Crippen LogP contribution >= 0.6 is 0 Å². The van der Waals surface area contributed by atoms with E-state index in [1.54, 1.807) is 12.1 Å². The molecule has 0 saturated heterocycles. The van der Waals surface area contributed by atoms with Gasteiger partial charge >= 0.3 is 0 Å². The number of Topliss-reactive ketones (excluding diaryl/α,β-unsaturated/α-hetero) is 1. The number of aryl methyl sites for hydroxylation is 1. The summed E-state index contributed by atoms with van der Waals surface area (Å²) in [5, 5.41) is 0. The maximum Gasteiger partial charge on any atom is 0.235 e. The van der Waals surface area contributed by atoms with Gasteiger partial charge in [0.15, 0.2) is 0 Å². The van der Waals surface area contributed by atoms with Gasteiger partial charge in [0.05, 0.1) is 0 Å². The molecular weight excluding hydrogens is 220 g/mol. The van der Waals surface area contributed by atoms with Gasteiger partial charge in [-0.05, 0) is 17.9 Å². The van der Waals surface area contributed by atoms with Crippen molar-refractivity contribution in [3.8, 4) is 11.8 Å². The smallest absolute Gasteiger partial charge is 0.235 e. The summed E-state index contributed by atoms with van der Waals surface area (Å²) in [7, 11) is 0. The van der Waals surface area contributed by atoms with Crippen LogP contribution in [0.1, 0.15) is 22.3 Å². The zero-order chi connectivity index (χ0) is 12.6. The van der Waals surface area contributed by atoms with Crippen LogP contribution in [-0.2, 0) is 6.42 Å². The number of hydrogen-bond acceptors (Lipinski definition) is 1. The predicted molar refractivity (Wildman–Crippen MR) is 73.3 cm³/mol. The third-order valence-corrected chi connectivity index (χ3v) is 2.62. The molecule has 0 N–H and O–H groups in total. The molecule has 1 heteroatoms. The number of rotatable bonds is 3. The van der Waals surface area contributed by atoms with E-state index in [9.17, 15) is 4.79 Å². The molecule has 0 heterocycles. The summed E-state index contributed by atoms with van der Waals surface area (Å²) in [6, 6.07) is 19.3. The van der Waals surface area contributed by atoms with Gasteiger partial charge < -0.3 is 0 Å². The highest BCUT2D eigenvalue weighted by molar-refractivity contribution is 6.08. The molecule has 0 unspecified atom stereocenters. The molecule has 0 spiro atoms. The van der Waals surface area contributed by atoms with Crippen LogP contribution in [0.2, 0.25) is 0 Å². The summed E-state index contributed by atoms with van der Waals surface area (Å²) in [5.41, 5.74) is 1.91. The van der Waals surface area contributed by atoms with E-state index in [0.29, 0.717) is 12.0 Å². The topological polar surface area (TPSA) is 17.1 Å². The summed E-state index contributed by atoms with van der Waals surface area (Å²) in [4.78, 5) is 11.7. The first kappa shape index (κ1) is 12.1. The third kappa shape index (κ3) is 3.61. The summed E-state index contributed by atoms with van der Waals surface area (Å²) >= 11 is 0. The summed E-state index contributed by atoms with van der Waals surface area (Å²) in [6.07, 6.45) is 1.60. The van der Waals surface area contributed by atoms with Crippen LogP contribution in [-0.4, -0.2) is 5.78 Å². The second kappa shape index (κ2) is 6.42. The highest BCUT2D eigenvalue weighted by Crippen LogP contribution is 2.02. The van der Waals surface area contributed by atoms with Crippen molar-refractivity contribution < 1.29 is 4.79 Å². The quantitative estimate of drug-likeness (QED) is 0.451. The van der Waals surface area contributed by atoms with Gasteiger partial charge in [0.25, 0.3) is 0 Å². The van der Waals surface area contributed by atoms with Crippen molar-refractivity contribution in [1.82, 2.24) is 0 Å². The Morgan fingerprint density at radius 2 is 1.50 bits per heavy atom. The first-order valence-electron chi connectivity index (χ1n) is 5.98. The molecule has 0 aromatic heterocycles. The maximum absolute atomic E-state index is 11.7. The van der Waals surface area contributed by atoms with Crippen LogP contribution in [0.4, 0.5) is 0 Å². The monoisotopic (exact) mass is 234 g/mol. The van der Waals surface area contributed by atoms with Gasteiger partial charge in [0.1, 0.15) is 0 Å². The fourth-order valence-electron chi connectivity index (χ4n) is 1.66. The van der Waals surface area contributed by atoms with Crippen LogP contribution in [0.25, 0.3) is 0 Å². The van der Waals surface area contributed by atoms with Gasteiger partial charge in [0, 0.05) is 12.0 Å². The lowest BCUT2D eigenvalue weighted by Gasteiger charge is -1.94. The molecule has 2 aromatic rings. The third-order valence-electron chi connectivity index (χ3n) is 2.62. The molecule has 0 aliphatic heterocycles. The molecule has 0 atom stereocenters. The Morgan fingerprint density at radius 3 is 2.17 bits per heavy atom. The van der Waals surface area contributed by atoms with Gasteiger partial charge in [-0.15, -0.1) is 0 Å². The zero-order valence-electron chi connectivity index (χ0n) is 10.1. The first-order chi connectivity index (χ1) is 8.86. The normalized spacial score (nSPS) is 9.33. The Hall–Kier alpha value is -2.33. The highest BCUT2D eigenvalue weighted by atomic mass is 16.1. The molecule has 88 valence electrons. The fraction of sp³-hybridized carbons (Fsp3) is 0.118. The van der Waals surface area contributed by atoms with E-state index in [4.69, 9.17) is 0 Å². The van der Waals surface area contributed by atoms with Gasteiger partial charge in [-0.2, -0.15) is 0 Å². The van der Waals surface area contributed by atoms with E-state index in [0.717, 1.165) is 6.42 Å². The molecule has 2 aromatic carbocycles. The molecule has 0 saturated carbocycles. The van der Waals surface area contributed by atoms with Crippen LogP contribution in [0.3, 0.4) is 0 Å². The molecule has 2 rings (SSSR count). The fourth-order valence-corrected chi connectivity index (χ4v) is 1.66. The van der Waals surface area contributed by atoms with Crippen molar-refractivity contribution in [1.29, 1.82) is 0 Å². The second-order valence-corrected chi connectivity index (χ2v) is 3.98. The predicted octanol–water partition coefficient (Wildman–Crippen LogP) is 3.51. The first-order valence-corrected chi connectivity index (χ1v) is 5.98. The standard InChI is InChI=1S/C17H14O/c18-17(16-12-5-2-6-13-16)14-8-7-11-15-9-3-1-4-10-15/h1-6,9-10,12-13H,7,11H2. The lowest BCUT2D eigenvalue weighted by molar-refractivity contribution is 0.105. The number of carbonyl (C=O) groups excluding carboxylic acids is 1. The van der Waals surface area contributed by atoms with Gasteiger partial charge in [0.2, 0.25) is 5.78 Å². The van der Waals surface area contributed by atoms with E-state index < -0.39 is 0 Å². The van der Waals surface area contributed by atoms with Gasteiger partial charge in [-0.25, -0.2) is 0 Å². The molecule has 18 heavy (non-hydrogen) atoms. The molecule has 0 aliphatic carbocycles. The summed E-state index contributed by atoms with van der Waals surface area (Å²) in [6.45, 7) is 0. The highest BCUT2D eigenvalue weighted by Gasteiger charge is 1.98. The van der Waals surface area contributed by atoms with Crippen LogP contribution < -0.4 is 0 Å². The Labute approximate surface area is 107 Å². The molecule has 1 nitrogen and oxygen atoms in total. The van der Waals surface area contributed by atoms with Crippen LogP contribution in [0, 0.1) is 11.8 Å². The molecule has 0 radical (unpaired) electrons. The molecule has 0 bridgehead atoms. The molecular formula is C17H14O. The van der Waals surface area contributed by atoms with Crippen molar-refractivity contribution >= 4 is 5.78 Å². The average molecular weight is 234 g/mol. The van der Waals surface area contributed by atoms with E-state index in [-0.39, 0.29) is 5.78 Å². The SMILES string of the molecule is O=C(C#CCCc1ccccc1)c1ccccc1. The number of carbonyl (C=O) groups is 1. The Morgan fingerprint density at radius 1 is 0.889 bits per heavy atom. The van der Waals surface area contributed by atoms with E-state index in [1.807, 2.05) is 36.4 Å². The van der Waals surface area contributed by atoms with Crippen molar-refractivity contribution in [2.45, 2.75) is 12.8 Å². The largest absolute Gasteiger partial charge is 0.279 e. The Balaban J connectivity index is 1.88. The molecule has 0 fully saturated rings. The zero-order valence-corrected chi connectivity index (χ0v) is 10.1. The van der Waals surface area contributed by atoms with E-state index in [2.05, 4.69) is 24.0 Å². The Kier molecular flexibility index (Phi) is 4.33. The lowest BCUT2D eigenvalue weighted by atomic mass is 10.1. The summed E-state index contributed by atoms with van der Waals surface area (Å²) < 4.78 is 0. The summed E-state index contributed by atoms with van der Waals surface area (Å²) in [5.74, 6) is 5.51.